The number of aromatic nitrogens is 4. The number of para-hydroxylation sites is 2. The summed E-state index contributed by atoms with van der Waals surface area (Å²) in [6.45, 7) is 4.61. The largest absolute Gasteiger partial charge is 0.508 e. The smallest absolute Gasteiger partial charge is 0.252 e. The van der Waals surface area contributed by atoms with Gasteiger partial charge in [0, 0.05) is 97.8 Å². The fourth-order valence-electron chi connectivity index (χ4n) is 11.7. The third-order valence-electron chi connectivity index (χ3n) is 16.4. The van der Waals surface area contributed by atoms with Gasteiger partial charge in [0.1, 0.15) is 54.1 Å². The molecule has 496 valence electrons. The number of nitrogens with zero attached hydrogens (tertiary/aromatic N) is 4. The van der Waals surface area contributed by atoms with Gasteiger partial charge in [-0.2, -0.15) is 0 Å². The number of fused-ring (bicyclic) bond motifs is 2. The Morgan fingerprint density at radius 3 is 1.85 bits per heavy atom. The van der Waals surface area contributed by atoms with Crippen molar-refractivity contribution >= 4 is 86.8 Å². The summed E-state index contributed by atoms with van der Waals surface area (Å²) in [5.74, 6) is -8.90. The second-order valence-electron chi connectivity index (χ2n) is 23.8. The first-order valence-electron chi connectivity index (χ1n) is 31.2. The molecule has 2 aliphatic heterocycles. The van der Waals surface area contributed by atoms with E-state index in [0.29, 0.717) is 46.1 Å². The van der Waals surface area contributed by atoms with Gasteiger partial charge in [-0.1, -0.05) is 62.4 Å². The summed E-state index contributed by atoms with van der Waals surface area (Å²) in [4.78, 5) is 165. The topological polar surface area (TPSA) is 453 Å². The maximum atomic E-state index is 15.7. The number of phenolic OH excluding ortho intramolecular Hbond substituents is 1. The van der Waals surface area contributed by atoms with Crippen molar-refractivity contribution in [3.8, 4) is 5.75 Å². The molecule has 0 radical (unpaired) electrons. The quantitative estimate of drug-likeness (QED) is 0.0146. The first-order valence-corrected chi connectivity index (χ1v) is 31.2. The van der Waals surface area contributed by atoms with Crippen LogP contribution in [0.4, 0.5) is 0 Å². The van der Waals surface area contributed by atoms with Crippen LogP contribution < -0.4 is 54.4 Å². The van der Waals surface area contributed by atoms with E-state index in [0.717, 1.165) is 15.8 Å². The Labute approximate surface area is 536 Å². The van der Waals surface area contributed by atoms with Crippen molar-refractivity contribution in [2.45, 2.75) is 146 Å². The van der Waals surface area contributed by atoms with Gasteiger partial charge < -0.3 is 84.5 Å². The predicted octanol–water partition coefficient (Wildman–Crippen LogP) is -0.679. The molecule has 0 bridgehead atoms. The molecule has 18 N–H and O–H groups in total. The molecule has 8 rings (SSSR count). The molecule has 0 aliphatic carbocycles. The molecule has 2 fully saturated rings. The van der Waals surface area contributed by atoms with E-state index in [2.05, 4.69) is 62.1 Å². The molecule has 3 aromatic carbocycles. The van der Waals surface area contributed by atoms with Crippen LogP contribution in [0.25, 0.3) is 21.8 Å². The number of likely N-dealkylation sites (tertiary alicyclic amines) is 1. The highest BCUT2D eigenvalue weighted by Crippen LogP contribution is 2.27. The van der Waals surface area contributed by atoms with E-state index < -0.39 is 120 Å². The average molecular weight is 1280 g/mol. The van der Waals surface area contributed by atoms with Crippen LogP contribution in [0.2, 0.25) is 0 Å². The molecule has 3 aromatic heterocycles. The van der Waals surface area contributed by atoms with Crippen molar-refractivity contribution in [2.24, 2.45) is 28.1 Å². The monoisotopic (exact) mass is 1280 g/mol. The number of aliphatic imine (C=N–C) groups is 1. The summed E-state index contributed by atoms with van der Waals surface area (Å²) >= 11 is 0. The molecule has 6 aromatic rings. The lowest BCUT2D eigenvalue weighted by atomic mass is 9.97. The molecule has 29 nitrogen and oxygen atoms in total. The number of H-pyrrole nitrogens is 3. The maximum Gasteiger partial charge on any atom is 0.252 e. The molecular formula is C64H83N17O12. The van der Waals surface area contributed by atoms with Gasteiger partial charge in [-0.05, 0) is 92.3 Å². The first-order chi connectivity index (χ1) is 44.6. The van der Waals surface area contributed by atoms with Crippen LogP contribution in [0.3, 0.4) is 0 Å². The Morgan fingerprint density at radius 1 is 0.731 bits per heavy atom. The number of aliphatic hydroxyl groups is 1. The number of imidazole rings is 1. The molecule has 2 aliphatic rings. The standard InChI is InChI=1S/C64H83N17O12/c1-4-69-60(90)52-16-10-24-80(52)63(93)53(15-9-23-70-64(66)67)81(61(91)46-21-22-54(84)74-46)62(92)50(25-35(2)3)78-57(87)49(28-38-31-72-45-14-8-6-12-42(38)45)77-56(86)47(26-36-17-19-40(83)20-18-36)76-59(89)51(33-82)79-58(88)48(27-37-30-71-44-13-7-5-11-41(37)44)75-55(85)43(65)29-39-32-68-34-73-39/h5-8,11-14,17-20,30-32,34-35,43,46-53,71-72,82-83H,4,9-10,15-16,21-29,33,65H2,1-3H3,(H,68,73)(H,69,90)(H,74,84)(H,75,85)(H,76,89)(H,77,86)(H,78,87)(H,79,88)(H4,66,67,70)/t43-,46-,47-,48-,49+,50-,51-,52-,53-/m0/s1. The highest BCUT2D eigenvalue weighted by atomic mass is 16.3. The van der Waals surface area contributed by atoms with E-state index in [-0.39, 0.29) is 95.0 Å². The lowest BCUT2D eigenvalue weighted by Crippen LogP contribution is -2.63. The number of phenols is 1. The minimum atomic E-state index is -1.75. The Balaban J connectivity index is 1.11. The molecular weight excluding hydrogens is 1200 g/mol. The van der Waals surface area contributed by atoms with Crippen molar-refractivity contribution in [3.63, 3.8) is 0 Å². The van der Waals surface area contributed by atoms with Crippen LogP contribution in [0, 0.1) is 5.92 Å². The average Bonchev–Trinajstić information content (AvgIpc) is 1.83. The summed E-state index contributed by atoms with van der Waals surface area (Å²) in [6, 6.07) is 7.28. The van der Waals surface area contributed by atoms with Gasteiger partial charge in [0.05, 0.1) is 19.0 Å². The highest BCUT2D eigenvalue weighted by Gasteiger charge is 2.47. The number of nitrogens with one attached hydrogen (secondary N) is 10. The van der Waals surface area contributed by atoms with E-state index in [1.165, 1.54) is 41.7 Å². The SMILES string of the molecule is CCNC(=O)[C@@H]1CCCN1C(=O)[C@H](CCCN=C(N)N)N(C(=O)[C@@H]1CCC(=O)N1)C(=O)[C@H](CC(C)C)NC(=O)[C@@H](Cc1c[nH]c2ccccc12)NC(=O)[C@H](Cc1ccc(O)cc1)NC(=O)[C@H](CO)NC(=O)[C@H](Cc1c[nH]c2ccccc12)NC(=O)[C@@H](N)Cc1cnc[nH]1. The normalized spacial score (nSPS) is 16.8. The van der Waals surface area contributed by atoms with Gasteiger partial charge in [0.15, 0.2) is 5.96 Å². The van der Waals surface area contributed by atoms with E-state index in [9.17, 15) is 34.2 Å². The third-order valence-corrected chi connectivity index (χ3v) is 16.4. The second kappa shape index (κ2) is 32.2. The Hall–Kier alpha value is -10.2. The van der Waals surface area contributed by atoms with Crippen molar-refractivity contribution in [3.05, 3.63) is 120 Å². The molecule has 0 spiro atoms. The number of carbonyl (C=O) groups excluding carboxylic acids is 10. The summed E-state index contributed by atoms with van der Waals surface area (Å²) < 4.78 is 0. The summed E-state index contributed by atoms with van der Waals surface area (Å²) in [7, 11) is 0. The van der Waals surface area contributed by atoms with Crippen LogP contribution in [0.5, 0.6) is 5.75 Å². The molecule has 10 amide bonds. The van der Waals surface area contributed by atoms with Gasteiger partial charge in [0.2, 0.25) is 47.3 Å². The molecule has 0 saturated carbocycles. The number of imide groups is 1. The predicted molar refractivity (Wildman–Crippen MR) is 342 cm³/mol. The zero-order valence-electron chi connectivity index (χ0n) is 52.1. The molecule has 0 unspecified atom stereocenters. The van der Waals surface area contributed by atoms with E-state index >= 15 is 24.0 Å². The number of likely N-dealkylation sites (N-methyl/N-ethyl adjacent to an activating group) is 1. The number of aromatic hydroxyl groups is 1. The van der Waals surface area contributed by atoms with Gasteiger partial charge in [-0.3, -0.25) is 57.8 Å². The maximum absolute atomic E-state index is 15.7. The van der Waals surface area contributed by atoms with Crippen molar-refractivity contribution < 1.29 is 58.2 Å². The van der Waals surface area contributed by atoms with Crippen molar-refractivity contribution in [2.75, 3.05) is 26.2 Å². The Kier molecular flexibility index (Phi) is 23.8. The number of guanidine groups is 1. The lowest BCUT2D eigenvalue weighted by molar-refractivity contribution is -0.159. The summed E-state index contributed by atoms with van der Waals surface area (Å²) in [5.41, 5.74) is 21.2. The zero-order valence-corrected chi connectivity index (χ0v) is 52.1. The van der Waals surface area contributed by atoms with Crippen molar-refractivity contribution in [1.29, 1.82) is 0 Å². The number of rotatable bonds is 31. The number of nitrogens with two attached hydrogens (primary N) is 3. The molecule has 2 saturated heterocycles. The van der Waals surface area contributed by atoms with E-state index in [1.807, 2.05) is 18.2 Å². The number of carbonyl (C=O) groups is 10. The number of aliphatic hydroxyl groups excluding tert-OH is 1. The third kappa shape index (κ3) is 18.1. The Bertz CT molecular complexity index is 3660. The summed E-state index contributed by atoms with van der Waals surface area (Å²) in [5, 5.41) is 41.3. The number of hydrogen-bond donors (Lipinski definition) is 15. The number of amides is 10. The minimum absolute atomic E-state index is 0.0242. The molecule has 9 atom stereocenters. The second-order valence-corrected chi connectivity index (χ2v) is 23.8. The highest BCUT2D eigenvalue weighted by molar-refractivity contribution is 6.07. The molecule has 93 heavy (non-hydrogen) atoms. The minimum Gasteiger partial charge on any atom is -0.508 e. The van der Waals surface area contributed by atoms with Crippen molar-refractivity contribution in [1.82, 2.24) is 67.0 Å². The van der Waals surface area contributed by atoms with Crippen LogP contribution in [0.1, 0.15) is 88.1 Å². The van der Waals surface area contributed by atoms with Crippen LogP contribution in [0.15, 0.2) is 103 Å². The van der Waals surface area contributed by atoms with E-state index in [1.54, 1.807) is 63.5 Å². The fourth-order valence-corrected chi connectivity index (χ4v) is 11.7. The van der Waals surface area contributed by atoms with Gasteiger partial charge in [0.25, 0.3) is 11.8 Å². The molecule has 5 heterocycles. The fraction of sp³-hybridized carbons (Fsp3) is 0.438. The molecule has 29 heteroatoms. The van der Waals surface area contributed by atoms with Gasteiger partial charge in [-0.25, -0.2) is 4.98 Å². The van der Waals surface area contributed by atoms with Crippen LogP contribution >= 0.6 is 0 Å². The number of hydrogen-bond acceptors (Lipinski definition) is 15. The lowest BCUT2D eigenvalue weighted by Gasteiger charge is -2.37. The van der Waals surface area contributed by atoms with Gasteiger partial charge in [-0.15, -0.1) is 0 Å². The summed E-state index contributed by atoms with van der Waals surface area (Å²) in [6.07, 6.45) is 6.02. The first kappa shape index (κ1) is 68.7. The van der Waals surface area contributed by atoms with Gasteiger partial charge >= 0.3 is 0 Å². The number of benzene rings is 3. The number of aromatic amines is 3. The van der Waals surface area contributed by atoms with Crippen LogP contribution in [-0.2, 0) is 73.6 Å². The van der Waals surface area contributed by atoms with E-state index in [4.69, 9.17) is 17.2 Å². The van der Waals surface area contributed by atoms with Crippen LogP contribution in [-0.4, -0.2) is 186 Å². The zero-order chi connectivity index (χ0) is 66.9. The Morgan fingerprint density at radius 2 is 1.30 bits per heavy atom.